The molecule has 0 N–H and O–H groups in total. The molecule has 0 radical (unpaired) electrons. The molecular formula is C8H6ClNO. The summed E-state index contributed by atoms with van der Waals surface area (Å²) in [5.74, 6) is 0. The highest BCUT2D eigenvalue weighted by Crippen LogP contribution is 2.24. The Kier molecular flexibility index (Phi) is 1.36. The number of hydrogen-bond donors (Lipinski definition) is 0. The van der Waals surface area contributed by atoms with Crippen LogP contribution in [-0.4, -0.2) is 5.16 Å². The lowest BCUT2D eigenvalue weighted by molar-refractivity contribution is 0.456. The minimum Gasteiger partial charge on any atom is -0.356 e. The van der Waals surface area contributed by atoms with Crippen LogP contribution in [0.4, 0.5) is 0 Å². The van der Waals surface area contributed by atoms with E-state index in [1.165, 1.54) is 0 Å². The molecule has 0 aliphatic rings. The van der Waals surface area contributed by atoms with E-state index in [1.54, 1.807) is 6.20 Å². The van der Waals surface area contributed by atoms with Crippen LogP contribution in [0.3, 0.4) is 0 Å². The molecule has 11 heavy (non-hydrogen) atoms. The molecule has 0 amide bonds. The first-order valence-electron chi connectivity index (χ1n) is 3.28. The third-order valence-electron chi connectivity index (χ3n) is 1.57. The van der Waals surface area contributed by atoms with Gasteiger partial charge in [-0.1, -0.05) is 16.8 Å². The molecule has 0 spiro atoms. The number of rotatable bonds is 0. The van der Waals surface area contributed by atoms with Gasteiger partial charge in [0.2, 0.25) is 0 Å². The van der Waals surface area contributed by atoms with Crippen LogP contribution in [0.15, 0.2) is 22.9 Å². The maximum Gasteiger partial charge on any atom is 0.168 e. The number of halogens is 1. The standard InChI is InChI=1S/C8H6ClNO/c1-5-2-7(9)6-4-10-11-8(6)3-5/h2-4H,1H3. The average Bonchev–Trinajstić information content (AvgIpc) is 2.34. The van der Waals surface area contributed by atoms with Crippen LogP contribution in [0, 0.1) is 6.92 Å². The van der Waals surface area contributed by atoms with Gasteiger partial charge in [0.05, 0.1) is 16.6 Å². The third kappa shape index (κ3) is 0.994. The van der Waals surface area contributed by atoms with Crippen molar-refractivity contribution in [1.82, 2.24) is 5.16 Å². The van der Waals surface area contributed by atoms with E-state index in [0.29, 0.717) is 5.02 Å². The van der Waals surface area contributed by atoms with Crippen molar-refractivity contribution in [2.24, 2.45) is 0 Å². The molecule has 1 aromatic carbocycles. The summed E-state index contributed by atoms with van der Waals surface area (Å²) in [5, 5.41) is 5.21. The molecule has 0 saturated carbocycles. The van der Waals surface area contributed by atoms with Gasteiger partial charge in [-0.25, -0.2) is 0 Å². The number of fused-ring (bicyclic) bond motifs is 1. The smallest absolute Gasteiger partial charge is 0.168 e. The number of nitrogens with zero attached hydrogens (tertiary/aromatic N) is 1. The van der Waals surface area contributed by atoms with Gasteiger partial charge in [0.1, 0.15) is 0 Å². The zero-order chi connectivity index (χ0) is 7.84. The largest absolute Gasteiger partial charge is 0.356 e. The molecule has 0 unspecified atom stereocenters. The fraction of sp³-hybridized carbons (Fsp3) is 0.125. The minimum absolute atomic E-state index is 0.696. The second-order valence-corrected chi connectivity index (χ2v) is 2.89. The van der Waals surface area contributed by atoms with Gasteiger partial charge in [0.25, 0.3) is 0 Å². The third-order valence-corrected chi connectivity index (χ3v) is 1.88. The highest BCUT2D eigenvalue weighted by Gasteiger charge is 2.02. The summed E-state index contributed by atoms with van der Waals surface area (Å²) < 4.78 is 4.95. The lowest BCUT2D eigenvalue weighted by atomic mass is 10.2. The van der Waals surface area contributed by atoms with Crippen LogP contribution in [0.2, 0.25) is 5.02 Å². The number of aromatic nitrogens is 1. The molecular weight excluding hydrogens is 162 g/mol. The Balaban J connectivity index is 2.91. The minimum atomic E-state index is 0.696. The normalized spacial score (nSPS) is 10.7. The lowest BCUT2D eigenvalue weighted by Gasteiger charge is -1.92. The van der Waals surface area contributed by atoms with E-state index in [9.17, 15) is 0 Å². The summed E-state index contributed by atoms with van der Waals surface area (Å²) in [7, 11) is 0. The first kappa shape index (κ1) is 6.68. The van der Waals surface area contributed by atoms with Crippen molar-refractivity contribution in [3.63, 3.8) is 0 Å². The SMILES string of the molecule is Cc1cc(Cl)c2cnoc2c1. The first-order chi connectivity index (χ1) is 5.27. The van der Waals surface area contributed by atoms with Crippen molar-refractivity contribution in [3.8, 4) is 0 Å². The first-order valence-corrected chi connectivity index (χ1v) is 3.66. The predicted molar refractivity (Wildman–Crippen MR) is 43.8 cm³/mol. The monoisotopic (exact) mass is 167 g/mol. The van der Waals surface area contributed by atoms with E-state index in [2.05, 4.69) is 5.16 Å². The zero-order valence-electron chi connectivity index (χ0n) is 5.97. The fourth-order valence-corrected chi connectivity index (χ4v) is 1.37. The topological polar surface area (TPSA) is 26.0 Å². The molecule has 0 atom stereocenters. The number of aryl methyl sites for hydroxylation is 1. The Bertz CT molecular complexity index is 394. The molecule has 1 heterocycles. The maximum absolute atomic E-state index is 5.90. The van der Waals surface area contributed by atoms with Gasteiger partial charge in [-0.3, -0.25) is 0 Å². The molecule has 0 bridgehead atoms. The molecule has 0 aliphatic heterocycles. The molecule has 2 nitrogen and oxygen atoms in total. The Hall–Kier alpha value is -1.02. The van der Waals surface area contributed by atoms with E-state index >= 15 is 0 Å². The van der Waals surface area contributed by atoms with Crippen molar-refractivity contribution < 1.29 is 4.52 Å². The van der Waals surface area contributed by atoms with Crippen LogP contribution in [-0.2, 0) is 0 Å². The van der Waals surface area contributed by atoms with Crippen LogP contribution >= 0.6 is 11.6 Å². The van der Waals surface area contributed by atoms with Crippen LogP contribution in [0.5, 0.6) is 0 Å². The van der Waals surface area contributed by atoms with Crippen molar-refractivity contribution >= 4 is 22.6 Å². The Morgan fingerprint density at radius 1 is 1.45 bits per heavy atom. The summed E-state index contributed by atoms with van der Waals surface area (Å²) in [4.78, 5) is 0. The summed E-state index contributed by atoms with van der Waals surface area (Å²) in [6.07, 6.45) is 1.62. The summed E-state index contributed by atoms with van der Waals surface area (Å²) in [6, 6.07) is 3.80. The van der Waals surface area contributed by atoms with Gasteiger partial charge >= 0.3 is 0 Å². The maximum atomic E-state index is 5.90. The Labute approximate surface area is 68.7 Å². The molecule has 2 rings (SSSR count). The molecule has 3 heteroatoms. The van der Waals surface area contributed by atoms with E-state index < -0.39 is 0 Å². The second-order valence-electron chi connectivity index (χ2n) is 2.48. The van der Waals surface area contributed by atoms with Gasteiger partial charge < -0.3 is 4.52 Å². The summed E-state index contributed by atoms with van der Waals surface area (Å²) >= 11 is 5.90. The highest BCUT2D eigenvalue weighted by molar-refractivity contribution is 6.35. The molecule has 0 fully saturated rings. The molecule has 0 saturated heterocycles. The molecule has 56 valence electrons. The van der Waals surface area contributed by atoms with Gasteiger partial charge in [0.15, 0.2) is 5.58 Å². The van der Waals surface area contributed by atoms with E-state index in [4.69, 9.17) is 16.1 Å². The van der Waals surface area contributed by atoms with Crippen LogP contribution < -0.4 is 0 Å². The van der Waals surface area contributed by atoms with Crippen molar-refractivity contribution in [1.29, 1.82) is 0 Å². The van der Waals surface area contributed by atoms with E-state index in [1.807, 2.05) is 19.1 Å². The zero-order valence-corrected chi connectivity index (χ0v) is 6.72. The van der Waals surface area contributed by atoms with Crippen LogP contribution in [0.25, 0.3) is 11.0 Å². The predicted octanol–water partition coefficient (Wildman–Crippen LogP) is 2.79. The molecule has 2 aromatic rings. The molecule has 1 aromatic heterocycles. The number of benzene rings is 1. The Morgan fingerprint density at radius 3 is 3.09 bits per heavy atom. The Morgan fingerprint density at radius 2 is 2.27 bits per heavy atom. The lowest BCUT2D eigenvalue weighted by Crippen LogP contribution is -1.71. The molecule has 0 aliphatic carbocycles. The van der Waals surface area contributed by atoms with Crippen molar-refractivity contribution in [3.05, 3.63) is 28.9 Å². The quantitative estimate of drug-likeness (QED) is 0.603. The number of hydrogen-bond acceptors (Lipinski definition) is 2. The van der Waals surface area contributed by atoms with Gasteiger partial charge in [0, 0.05) is 0 Å². The fourth-order valence-electron chi connectivity index (χ4n) is 1.06. The van der Waals surface area contributed by atoms with Crippen molar-refractivity contribution in [2.45, 2.75) is 6.92 Å². The summed E-state index contributed by atoms with van der Waals surface area (Å²) in [5.41, 5.74) is 1.83. The van der Waals surface area contributed by atoms with Gasteiger partial charge in [-0.2, -0.15) is 0 Å². The highest BCUT2D eigenvalue weighted by atomic mass is 35.5. The van der Waals surface area contributed by atoms with Gasteiger partial charge in [-0.15, -0.1) is 0 Å². The average molecular weight is 168 g/mol. The van der Waals surface area contributed by atoms with Crippen LogP contribution in [0.1, 0.15) is 5.56 Å². The van der Waals surface area contributed by atoms with Gasteiger partial charge in [-0.05, 0) is 24.6 Å². The van der Waals surface area contributed by atoms with E-state index in [-0.39, 0.29) is 0 Å². The van der Waals surface area contributed by atoms with Crippen molar-refractivity contribution in [2.75, 3.05) is 0 Å². The second kappa shape index (κ2) is 2.24. The van der Waals surface area contributed by atoms with E-state index in [0.717, 1.165) is 16.5 Å². The summed E-state index contributed by atoms with van der Waals surface area (Å²) in [6.45, 7) is 1.97.